The quantitative estimate of drug-likeness (QED) is 0.543. The summed E-state index contributed by atoms with van der Waals surface area (Å²) >= 11 is 12.0. The second-order valence-corrected chi connectivity index (χ2v) is 7.16. The molecule has 0 aliphatic rings. The van der Waals surface area contributed by atoms with E-state index in [1.807, 2.05) is 13.0 Å². The van der Waals surface area contributed by atoms with Crippen LogP contribution in [-0.4, -0.2) is 11.8 Å². The third kappa shape index (κ3) is 5.73. The molecule has 0 atom stereocenters. The summed E-state index contributed by atoms with van der Waals surface area (Å²) in [5.41, 5.74) is 2.14. The van der Waals surface area contributed by atoms with E-state index in [0.29, 0.717) is 26.9 Å². The van der Waals surface area contributed by atoms with E-state index in [-0.39, 0.29) is 12.2 Å². The molecule has 1 aromatic heterocycles. The molecule has 0 spiro atoms. The van der Waals surface area contributed by atoms with Crippen LogP contribution in [0.15, 0.2) is 71.0 Å². The summed E-state index contributed by atoms with van der Waals surface area (Å²) in [6, 6.07) is 15.5. The van der Waals surface area contributed by atoms with Crippen LogP contribution in [0.1, 0.15) is 27.2 Å². The number of furan rings is 1. The molecule has 29 heavy (non-hydrogen) atoms. The number of carbonyl (C=O) groups excluding carboxylic acids is 2. The number of rotatable bonds is 6. The Labute approximate surface area is 178 Å². The smallest absolute Gasteiger partial charge is 0.268 e. The van der Waals surface area contributed by atoms with Crippen LogP contribution in [0, 0.1) is 6.92 Å². The van der Waals surface area contributed by atoms with Gasteiger partial charge in [0.05, 0.1) is 6.26 Å². The third-order valence-electron chi connectivity index (χ3n) is 4.06. The van der Waals surface area contributed by atoms with Crippen LogP contribution in [0.3, 0.4) is 0 Å². The number of nitrogens with one attached hydrogen (secondary N) is 2. The molecule has 5 nitrogen and oxygen atoms in total. The summed E-state index contributed by atoms with van der Waals surface area (Å²) < 4.78 is 5.27. The predicted octanol–water partition coefficient (Wildman–Crippen LogP) is 4.98. The normalized spacial score (nSPS) is 11.2. The summed E-state index contributed by atoms with van der Waals surface area (Å²) in [6.45, 7) is 2.06. The van der Waals surface area contributed by atoms with Gasteiger partial charge in [0, 0.05) is 28.2 Å². The number of hydrogen-bond acceptors (Lipinski definition) is 3. The maximum Gasteiger partial charge on any atom is 0.268 e. The van der Waals surface area contributed by atoms with Gasteiger partial charge in [0.25, 0.3) is 11.8 Å². The average molecular weight is 429 g/mol. The summed E-state index contributed by atoms with van der Waals surface area (Å²) in [5, 5.41) is 6.35. The first-order valence-electron chi connectivity index (χ1n) is 8.78. The molecular formula is C22H18Cl2N2O3. The van der Waals surface area contributed by atoms with E-state index in [2.05, 4.69) is 10.6 Å². The Balaban J connectivity index is 1.78. The summed E-state index contributed by atoms with van der Waals surface area (Å²) in [7, 11) is 0. The van der Waals surface area contributed by atoms with Gasteiger partial charge in [-0.1, -0.05) is 47.0 Å². The average Bonchev–Trinajstić information content (AvgIpc) is 3.19. The number of halogens is 2. The minimum Gasteiger partial charge on any atom is -0.465 e. The molecule has 7 heteroatoms. The van der Waals surface area contributed by atoms with Gasteiger partial charge in [0.1, 0.15) is 11.5 Å². The van der Waals surface area contributed by atoms with Gasteiger partial charge < -0.3 is 15.1 Å². The summed E-state index contributed by atoms with van der Waals surface area (Å²) in [6.07, 6.45) is 2.95. The van der Waals surface area contributed by atoms with E-state index in [1.54, 1.807) is 48.5 Å². The van der Waals surface area contributed by atoms with Gasteiger partial charge in [0.15, 0.2) is 0 Å². The van der Waals surface area contributed by atoms with Crippen LogP contribution < -0.4 is 10.6 Å². The highest BCUT2D eigenvalue weighted by Gasteiger charge is 2.16. The lowest BCUT2D eigenvalue weighted by Crippen LogP contribution is -2.34. The second kappa shape index (κ2) is 9.45. The van der Waals surface area contributed by atoms with Crippen LogP contribution in [0.4, 0.5) is 0 Å². The zero-order valence-electron chi connectivity index (χ0n) is 15.5. The standard InChI is InChI=1S/C22H18Cl2N2O3/c1-14-4-2-5-15(10-14)21(27)26-20(12-18-6-3-9-29-18)22(28)25-13-16-7-8-17(23)11-19(16)24/h2-12H,13H2,1H3,(H,25,28)(H,26,27)/b20-12-. The lowest BCUT2D eigenvalue weighted by atomic mass is 10.1. The van der Waals surface area contributed by atoms with Crippen molar-refractivity contribution in [2.24, 2.45) is 0 Å². The fraction of sp³-hybridized carbons (Fsp3) is 0.0909. The Morgan fingerprint density at radius 1 is 1.07 bits per heavy atom. The van der Waals surface area contributed by atoms with E-state index >= 15 is 0 Å². The Bertz CT molecular complexity index is 1060. The van der Waals surface area contributed by atoms with Crippen LogP contribution in [0.25, 0.3) is 6.08 Å². The molecule has 3 rings (SSSR count). The zero-order chi connectivity index (χ0) is 20.8. The van der Waals surface area contributed by atoms with Gasteiger partial charge >= 0.3 is 0 Å². The molecule has 0 saturated heterocycles. The fourth-order valence-corrected chi connectivity index (χ4v) is 3.07. The molecule has 1 heterocycles. The van der Waals surface area contributed by atoms with Crippen LogP contribution in [0.5, 0.6) is 0 Å². The third-order valence-corrected chi connectivity index (χ3v) is 4.64. The van der Waals surface area contributed by atoms with Crippen molar-refractivity contribution in [3.8, 4) is 0 Å². The highest BCUT2D eigenvalue weighted by Crippen LogP contribution is 2.21. The molecular weight excluding hydrogens is 411 g/mol. The summed E-state index contributed by atoms with van der Waals surface area (Å²) in [5.74, 6) is -0.441. The van der Waals surface area contributed by atoms with Gasteiger partial charge in [-0.3, -0.25) is 9.59 Å². The minimum absolute atomic E-state index is 0.0524. The molecule has 148 valence electrons. The van der Waals surface area contributed by atoms with Crippen LogP contribution >= 0.6 is 23.2 Å². The van der Waals surface area contributed by atoms with Crippen molar-refractivity contribution in [2.75, 3.05) is 0 Å². The fourth-order valence-electron chi connectivity index (χ4n) is 2.59. The van der Waals surface area contributed by atoms with Gasteiger partial charge in [-0.2, -0.15) is 0 Å². The highest BCUT2D eigenvalue weighted by molar-refractivity contribution is 6.35. The SMILES string of the molecule is Cc1cccc(C(=O)N/C(=C\c2ccco2)C(=O)NCc2ccc(Cl)cc2Cl)c1. The Morgan fingerprint density at radius 2 is 1.90 bits per heavy atom. The molecule has 2 aromatic carbocycles. The maximum absolute atomic E-state index is 12.7. The molecule has 0 fully saturated rings. The zero-order valence-corrected chi connectivity index (χ0v) is 17.1. The van der Waals surface area contributed by atoms with Gasteiger partial charge in [-0.05, 0) is 48.9 Å². The van der Waals surface area contributed by atoms with E-state index in [4.69, 9.17) is 27.6 Å². The molecule has 0 radical (unpaired) electrons. The Morgan fingerprint density at radius 3 is 2.59 bits per heavy atom. The first-order valence-corrected chi connectivity index (χ1v) is 9.53. The van der Waals surface area contributed by atoms with Crippen molar-refractivity contribution in [2.45, 2.75) is 13.5 Å². The first kappa shape index (κ1) is 20.7. The van der Waals surface area contributed by atoms with Crippen molar-refractivity contribution >= 4 is 41.1 Å². The lowest BCUT2D eigenvalue weighted by molar-refractivity contribution is -0.117. The van der Waals surface area contributed by atoms with E-state index in [0.717, 1.165) is 5.56 Å². The topological polar surface area (TPSA) is 71.3 Å². The van der Waals surface area contributed by atoms with E-state index in [1.165, 1.54) is 12.3 Å². The van der Waals surface area contributed by atoms with Crippen molar-refractivity contribution < 1.29 is 14.0 Å². The van der Waals surface area contributed by atoms with Crippen molar-refractivity contribution in [1.29, 1.82) is 0 Å². The van der Waals surface area contributed by atoms with Crippen molar-refractivity contribution in [1.82, 2.24) is 10.6 Å². The molecule has 0 saturated carbocycles. The molecule has 0 aliphatic heterocycles. The van der Waals surface area contributed by atoms with E-state index < -0.39 is 11.8 Å². The molecule has 2 amide bonds. The lowest BCUT2D eigenvalue weighted by Gasteiger charge is -2.12. The highest BCUT2D eigenvalue weighted by atomic mass is 35.5. The van der Waals surface area contributed by atoms with Gasteiger partial charge in [0.2, 0.25) is 0 Å². The maximum atomic E-state index is 12.7. The molecule has 0 aliphatic carbocycles. The molecule has 0 unspecified atom stereocenters. The minimum atomic E-state index is -0.478. The van der Waals surface area contributed by atoms with Crippen LogP contribution in [0.2, 0.25) is 10.0 Å². The largest absolute Gasteiger partial charge is 0.465 e. The number of benzene rings is 2. The Hall–Kier alpha value is -3.02. The number of aryl methyl sites for hydroxylation is 1. The van der Waals surface area contributed by atoms with Crippen molar-refractivity contribution in [3.05, 3.63) is 99.1 Å². The number of hydrogen-bond donors (Lipinski definition) is 2. The number of amides is 2. The number of carbonyl (C=O) groups is 2. The summed E-state index contributed by atoms with van der Waals surface area (Å²) in [4.78, 5) is 25.4. The molecule has 3 aromatic rings. The monoisotopic (exact) mass is 428 g/mol. The van der Waals surface area contributed by atoms with Crippen molar-refractivity contribution in [3.63, 3.8) is 0 Å². The van der Waals surface area contributed by atoms with E-state index in [9.17, 15) is 9.59 Å². The first-order chi connectivity index (χ1) is 13.9. The molecule has 0 bridgehead atoms. The molecule has 2 N–H and O–H groups in total. The van der Waals surface area contributed by atoms with Crippen LogP contribution in [-0.2, 0) is 11.3 Å². The Kier molecular flexibility index (Phi) is 6.75. The predicted molar refractivity (Wildman–Crippen MR) is 114 cm³/mol. The second-order valence-electron chi connectivity index (χ2n) is 6.32. The van der Waals surface area contributed by atoms with Gasteiger partial charge in [-0.25, -0.2) is 0 Å². The van der Waals surface area contributed by atoms with Gasteiger partial charge in [-0.15, -0.1) is 0 Å².